The van der Waals surface area contributed by atoms with E-state index in [0.29, 0.717) is 18.7 Å². The molecule has 1 spiro atoms. The van der Waals surface area contributed by atoms with Crippen molar-refractivity contribution in [1.29, 1.82) is 0 Å². The van der Waals surface area contributed by atoms with E-state index in [-0.39, 0.29) is 42.8 Å². The van der Waals surface area contributed by atoms with Crippen LogP contribution in [-0.4, -0.2) is 81.7 Å². The first-order valence-electron chi connectivity index (χ1n) is 13.5. The molecule has 3 amide bonds. The van der Waals surface area contributed by atoms with Crippen LogP contribution in [0.1, 0.15) is 41.0 Å². The van der Waals surface area contributed by atoms with E-state index in [1.165, 1.54) is 4.90 Å². The first kappa shape index (κ1) is 28.0. The standard InChI is InChI=1S/C30H41N3O5/c1-8-15-31(19(3)4)28(37)25-30-17-20(5)29(7,38-30)23(24(30)27(36)33(25)21(6)18-34)26(35)32(16-9-2)22-13-11-10-12-14-22/h8-14,19-21,23-25,34H,1-2,15-18H2,3-7H3/t20?,21-,23-,24+,25?,29+,30?/m1/s1. The highest BCUT2D eigenvalue weighted by atomic mass is 16.5. The maximum atomic E-state index is 14.4. The van der Waals surface area contributed by atoms with E-state index in [1.54, 1.807) is 28.9 Å². The fraction of sp³-hybridized carbons (Fsp3) is 0.567. The Labute approximate surface area is 225 Å². The molecule has 0 aliphatic carbocycles. The Balaban J connectivity index is 1.86. The van der Waals surface area contributed by atoms with Crippen molar-refractivity contribution in [3.8, 4) is 0 Å². The van der Waals surface area contributed by atoms with Crippen LogP contribution < -0.4 is 4.90 Å². The zero-order valence-electron chi connectivity index (χ0n) is 23.2. The van der Waals surface area contributed by atoms with E-state index in [0.717, 1.165) is 0 Å². The minimum absolute atomic E-state index is 0.0755. The van der Waals surface area contributed by atoms with Crippen molar-refractivity contribution in [2.45, 2.75) is 70.4 Å². The van der Waals surface area contributed by atoms with Gasteiger partial charge in [0, 0.05) is 24.8 Å². The molecule has 8 heteroatoms. The summed E-state index contributed by atoms with van der Waals surface area (Å²) in [6.07, 6.45) is 3.81. The number of benzene rings is 1. The predicted molar refractivity (Wildman–Crippen MR) is 146 cm³/mol. The highest BCUT2D eigenvalue weighted by Crippen LogP contribution is 2.65. The number of amides is 3. The zero-order valence-corrected chi connectivity index (χ0v) is 23.2. The molecule has 38 heavy (non-hydrogen) atoms. The molecule has 3 unspecified atom stereocenters. The van der Waals surface area contributed by atoms with Crippen molar-refractivity contribution in [2.75, 3.05) is 24.6 Å². The Morgan fingerprint density at radius 3 is 2.34 bits per heavy atom. The summed E-state index contributed by atoms with van der Waals surface area (Å²) < 4.78 is 6.83. The molecule has 3 saturated heterocycles. The van der Waals surface area contributed by atoms with E-state index in [9.17, 15) is 19.5 Å². The topological polar surface area (TPSA) is 90.4 Å². The normalized spacial score (nSPS) is 32.3. The molecule has 3 heterocycles. The third kappa shape index (κ3) is 4.00. The fourth-order valence-corrected chi connectivity index (χ4v) is 6.97. The number of hydrogen-bond acceptors (Lipinski definition) is 5. The molecule has 3 fully saturated rings. The Kier molecular flexibility index (Phi) is 7.60. The zero-order chi connectivity index (χ0) is 28.0. The second-order valence-electron chi connectivity index (χ2n) is 11.4. The number of anilines is 1. The van der Waals surface area contributed by atoms with E-state index < -0.39 is 35.1 Å². The van der Waals surface area contributed by atoms with Crippen molar-refractivity contribution in [3.63, 3.8) is 0 Å². The molecule has 0 aromatic heterocycles. The lowest BCUT2D eigenvalue weighted by Crippen LogP contribution is -2.59. The summed E-state index contributed by atoms with van der Waals surface area (Å²) in [6.45, 7) is 17.4. The van der Waals surface area contributed by atoms with Gasteiger partial charge in [-0.2, -0.15) is 0 Å². The number of nitrogens with zero attached hydrogens (tertiary/aromatic N) is 3. The van der Waals surface area contributed by atoms with E-state index in [2.05, 4.69) is 13.2 Å². The molecule has 1 N–H and O–H groups in total. The highest BCUT2D eigenvalue weighted by Gasteiger charge is 2.80. The Morgan fingerprint density at radius 2 is 1.79 bits per heavy atom. The number of carbonyl (C=O) groups is 3. The van der Waals surface area contributed by atoms with Gasteiger partial charge < -0.3 is 24.5 Å². The van der Waals surface area contributed by atoms with Crippen LogP contribution in [0.25, 0.3) is 0 Å². The third-order valence-corrected chi connectivity index (χ3v) is 8.87. The average molecular weight is 524 g/mol. The highest BCUT2D eigenvalue weighted by molar-refractivity contribution is 6.03. The van der Waals surface area contributed by atoms with Gasteiger partial charge in [-0.15, -0.1) is 13.2 Å². The molecule has 0 radical (unpaired) electrons. The lowest BCUT2D eigenvalue weighted by Gasteiger charge is -2.40. The van der Waals surface area contributed by atoms with Crippen LogP contribution in [0.4, 0.5) is 5.69 Å². The number of para-hydroxylation sites is 1. The number of rotatable bonds is 10. The van der Waals surface area contributed by atoms with Crippen LogP contribution in [0.2, 0.25) is 0 Å². The third-order valence-electron chi connectivity index (χ3n) is 8.87. The molecule has 3 aliphatic heterocycles. The SMILES string of the molecule is C=CCN(C(=O)[C@H]1[C@H]2C(=O)N([C@H](C)CO)C(C(=O)N(CC=C)C(C)C)C23CC(C)[C@]1(C)O3)c1ccccc1. The second-order valence-corrected chi connectivity index (χ2v) is 11.4. The average Bonchev–Trinajstić information content (AvgIpc) is 3.41. The largest absolute Gasteiger partial charge is 0.394 e. The van der Waals surface area contributed by atoms with E-state index in [1.807, 2.05) is 58.0 Å². The molecule has 4 rings (SSSR count). The summed E-state index contributed by atoms with van der Waals surface area (Å²) >= 11 is 0. The maximum Gasteiger partial charge on any atom is 0.248 e. The van der Waals surface area contributed by atoms with Gasteiger partial charge in [0.05, 0.1) is 30.1 Å². The van der Waals surface area contributed by atoms with Gasteiger partial charge in [0.1, 0.15) is 11.6 Å². The van der Waals surface area contributed by atoms with Gasteiger partial charge in [-0.25, -0.2) is 0 Å². The maximum absolute atomic E-state index is 14.4. The summed E-state index contributed by atoms with van der Waals surface area (Å²) in [6, 6.07) is 7.62. The molecule has 1 aromatic rings. The Bertz CT molecular complexity index is 1110. The van der Waals surface area contributed by atoms with Gasteiger partial charge in [0.15, 0.2) is 0 Å². The molecular formula is C30H41N3O5. The molecule has 0 saturated carbocycles. The van der Waals surface area contributed by atoms with Gasteiger partial charge in [0.2, 0.25) is 17.7 Å². The van der Waals surface area contributed by atoms with Gasteiger partial charge in [-0.1, -0.05) is 37.3 Å². The molecule has 3 aliphatic rings. The summed E-state index contributed by atoms with van der Waals surface area (Å²) in [5, 5.41) is 10.1. The van der Waals surface area contributed by atoms with Crippen LogP contribution in [0, 0.1) is 17.8 Å². The van der Waals surface area contributed by atoms with Crippen LogP contribution in [0.3, 0.4) is 0 Å². The minimum atomic E-state index is -1.17. The molecule has 206 valence electrons. The molecule has 8 nitrogen and oxygen atoms in total. The van der Waals surface area contributed by atoms with E-state index in [4.69, 9.17) is 4.74 Å². The number of carbonyl (C=O) groups excluding carboxylic acids is 3. The lowest BCUT2D eigenvalue weighted by atomic mass is 9.62. The van der Waals surface area contributed by atoms with Crippen molar-refractivity contribution < 1.29 is 24.2 Å². The molecule has 2 bridgehead atoms. The van der Waals surface area contributed by atoms with E-state index >= 15 is 0 Å². The van der Waals surface area contributed by atoms with Crippen molar-refractivity contribution >= 4 is 23.4 Å². The fourth-order valence-electron chi connectivity index (χ4n) is 6.97. The monoisotopic (exact) mass is 523 g/mol. The smallest absolute Gasteiger partial charge is 0.248 e. The number of aliphatic hydroxyl groups is 1. The van der Waals surface area contributed by atoms with Gasteiger partial charge in [0.25, 0.3) is 0 Å². The quantitative estimate of drug-likeness (QED) is 0.476. The molecule has 7 atom stereocenters. The number of likely N-dealkylation sites (tertiary alicyclic amines) is 1. The second kappa shape index (κ2) is 10.3. The molecule has 1 aromatic carbocycles. The lowest BCUT2D eigenvalue weighted by molar-refractivity contribution is -0.156. The molecular weight excluding hydrogens is 482 g/mol. The van der Waals surface area contributed by atoms with Gasteiger partial charge in [-0.05, 0) is 52.2 Å². The number of fused-ring (bicyclic) bond motifs is 1. The summed E-state index contributed by atoms with van der Waals surface area (Å²) in [5.74, 6) is -2.49. The Morgan fingerprint density at radius 1 is 1.16 bits per heavy atom. The van der Waals surface area contributed by atoms with Crippen LogP contribution in [0.5, 0.6) is 0 Å². The Hall–Kier alpha value is -2.97. The first-order chi connectivity index (χ1) is 18.0. The van der Waals surface area contributed by atoms with Crippen molar-refractivity contribution in [1.82, 2.24) is 9.80 Å². The van der Waals surface area contributed by atoms with Crippen LogP contribution >= 0.6 is 0 Å². The number of hydrogen-bond donors (Lipinski definition) is 1. The number of aliphatic hydroxyl groups excluding tert-OH is 1. The van der Waals surface area contributed by atoms with Gasteiger partial charge in [-0.3, -0.25) is 14.4 Å². The predicted octanol–water partition coefficient (Wildman–Crippen LogP) is 3.02. The van der Waals surface area contributed by atoms with Crippen molar-refractivity contribution in [2.24, 2.45) is 17.8 Å². The van der Waals surface area contributed by atoms with Crippen LogP contribution in [-0.2, 0) is 19.1 Å². The number of ether oxygens (including phenoxy) is 1. The van der Waals surface area contributed by atoms with Crippen molar-refractivity contribution in [3.05, 3.63) is 55.6 Å². The van der Waals surface area contributed by atoms with Crippen LogP contribution in [0.15, 0.2) is 55.6 Å². The van der Waals surface area contributed by atoms with Gasteiger partial charge >= 0.3 is 0 Å². The summed E-state index contributed by atoms with van der Waals surface area (Å²) in [7, 11) is 0. The summed E-state index contributed by atoms with van der Waals surface area (Å²) in [5.41, 5.74) is -1.39. The summed E-state index contributed by atoms with van der Waals surface area (Å²) in [4.78, 5) is 47.7. The minimum Gasteiger partial charge on any atom is -0.394 e. The first-order valence-corrected chi connectivity index (χ1v) is 13.5.